The zero-order valence-electron chi connectivity index (χ0n) is 12.0. The number of carbonyl (C=O) groups excluding carboxylic acids is 1. The van der Waals surface area contributed by atoms with Crippen molar-refractivity contribution in [3.63, 3.8) is 0 Å². The topological polar surface area (TPSA) is 56.5 Å². The number of hydrogen-bond acceptors (Lipinski definition) is 5. The summed E-state index contributed by atoms with van der Waals surface area (Å²) >= 11 is 1.38. The molecule has 7 heteroatoms. The Labute approximate surface area is 134 Å². The van der Waals surface area contributed by atoms with Gasteiger partial charge in [-0.1, -0.05) is 23.5 Å². The van der Waals surface area contributed by atoms with Crippen LogP contribution in [-0.2, 0) is 0 Å². The lowest BCUT2D eigenvalue weighted by molar-refractivity contribution is 0.112. The maximum atomic E-state index is 13.9. The minimum absolute atomic E-state index is 0.328. The molecule has 0 aliphatic carbocycles. The zero-order valence-corrected chi connectivity index (χ0v) is 12.8. The SMILES string of the molecule is COc1cc2c(cc1C=O)sc1nc(-c3ccccc3F)nn12. The number of benzene rings is 2. The van der Waals surface area contributed by atoms with Crippen molar-refractivity contribution in [2.75, 3.05) is 7.11 Å². The van der Waals surface area contributed by atoms with E-state index >= 15 is 0 Å². The fraction of sp³-hybridized carbons (Fsp3) is 0.0625. The number of ether oxygens (including phenoxy) is 1. The summed E-state index contributed by atoms with van der Waals surface area (Å²) in [5.41, 5.74) is 1.59. The van der Waals surface area contributed by atoms with E-state index in [9.17, 15) is 9.18 Å². The fourth-order valence-corrected chi connectivity index (χ4v) is 3.45. The molecule has 0 saturated carbocycles. The molecule has 4 aromatic rings. The molecule has 0 aliphatic heterocycles. The van der Waals surface area contributed by atoms with E-state index in [0.717, 1.165) is 16.5 Å². The van der Waals surface area contributed by atoms with Crippen molar-refractivity contribution in [3.05, 3.63) is 47.8 Å². The number of aromatic nitrogens is 3. The number of methoxy groups -OCH3 is 1. The van der Waals surface area contributed by atoms with Gasteiger partial charge in [0.05, 0.1) is 28.5 Å². The number of halogens is 1. The zero-order chi connectivity index (χ0) is 16.0. The molecule has 23 heavy (non-hydrogen) atoms. The van der Waals surface area contributed by atoms with Crippen molar-refractivity contribution in [2.45, 2.75) is 0 Å². The first-order valence-corrected chi connectivity index (χ1v) is 7.60. The first kappa shape index (κ1) is 13.8. The third-order valence-corrected chi connectivity index (χ3v) is 4.55. The Bertz CT molecular complexity index is 1050. The number of nitrogens with zero attached hydrogens (tertiary/aromatic N) is 3. The summed E-state index contributed by atoms with van der Waals surface area (Å²) in [5, 5.41) is 4.39. The van der Waals surface area contributed by atoms with E-state index in [-0.39, 0.29) is 5.82 Å². The van der Waals surface area contributed by atoms with Crippen molar-refractivity contribution >= 4 is 32.8 Å². The molecule has 0 N–H and O–H groups in total. The van der Waals surface area contributed by atoms with Crippen LogP contribution in [0.15, 0.2) is 36.4 Å². The molecule has 0 fully saturated rings. The highest BCUT2D eigenvalue weighted by Gasteiger charge is 2.16. The number of fused-ring (bicyclic) bond motifs is 3. The molecule has 114 valence electrons. The van der Waals surface area contributed by atoms with Gasteiger partial charge in [0.25, 0.3) is 0 Å². The monoisotopic (exact) mass is 327 g/mol. The standard InChI is InChI=1S/C16H10FN3O2S/c1-22-13-7-12-14(6-9(13)8-21)23-16-18-15(19-20(12)16)10-4-2-3-5-11(10)17/h2-8H,1H3. The number of hydrogen-bond donors (Lipinski definition) is 0. The van der Waals surface area contributed by atoms with Gasteiger partial charge in [-0.15, -0.1) is 5.10 Å². The Morgan fingerprint density at radius 3 is 2.87 bits per heavy atom. The average molecular weight is 327 g/mol. The molecule has 5 nitrogen and oxygen atoms in total. The second-order valence-electron chi connectivity index (χ2n) is 4.89. The van der Waals surface area contributed by atoms with Crippen molar-refractivity contribution in [3.8, 4) is 17.1 Å². The molecule has 0 atom stereocenters. The maximum Gasteiger partial charge on any atom is 0.213 e. The fourth-order valence-electron chi connectivity index (χ4n) is 2.46. The molecule has 0 spiro atoms. The molecule has 0 amide bonds. The predicted molar refractivity (Wildman–Crippen MR) is 85.7 cm³/mol. The lowest BCUT2D eigenvalue weighted by Crippen LogP contribution is -1.92. The lowest BCUT2D eigenvalue weighted by Gasteiger charge is -2.02. The van der Waals surface area contributed by atoms with E-state index in [1.807, 2.05) is 0 Å². The van der Waals surface area contributed by atoms with Gasteiger partial charge in [0.15, 0.2) is 12.1 Å². The highest BCUT2D eigenvalue weighted by molar-refractivity contribution is 7.23. The van der Waals surface area contributed by atoms with Gasteiger partial charge in [0.2, 0.25) is 4.96 Å². The summed E-state index contributed by atoms with van der Waals surface area (Å²) in [5.74, 6) is 0.431. The van der Waals surface area contributed by atoms with E-state index in [0.29, 0.717) is 27.7 Å². The van der Waals surface area contributed by atoms with E-state index in [1.54, 1.807) is 34.8 Å². The van der Waals surface area contributed by atoms with E-state index in [4.69, 9.17) is 4.74 Å². The first-order chi connectivity index (χ1) is 11.2. The van der Waals surface area contributed by atoms with Crippen LogP contribution in [0.5, 0.6) is 5.75 Å². The summed E-state index contributed by atoms with van der Waals surface area (Å²) in [7, 11) is 1.50. The van der Waals surface area contributed by atoms with Crippen molar-refractivity contribution in [1.29, 1.82) is 0 Å². The van der Waals surface area contributed by atoms with Gasteiger partial charge < -0.3 is 4.74 Å². The Kier molecular flexibility index (Phi) is 3.09. The summed E-state index contributed by atoms with van der Waals surface area (Å²) in [4.78, 5) is 16.1. The predicted octanol–water partition coefficient (Wildman–Crippen LogP) is 3.57. The molecular formula is C16H10FN3O2S. The van der Waals surface area contributed by atoms with Crippen LogP contribution in [0.2, 0.25) is 0 Å². The quantitative estimate of drug-likeness (QED) is 0.540. The number of aldehydes is 1. The molecule has 0 bridgehead atoms. The van der Waals surface area contributed by atoms with Crippen LogP contribution in [0.4, 0.5) is 4.39 Å². The van der Waals surface area contributed by atoms with Gasteiger partial charge in [-0.05, 0) is 18.2 Å². The summed E-state index contributed by atoms with van der Waals surface area (Å²) < 4.78 is 21.6. The molecule has 2 aromatic heterocycles. The van der Waals surface area contributed by atoms with Crippen molar-refractivity contribution < 1.29 is 13.9 Å². The van der Waals surface area contributed by atoms with Crippen LogP contribution >= 0.6 is 11.3 Å². The van der Waals surface area contributed by atoms with Crippen LogP contribution in [0.25, 0.3) is 26.6 Å². The average Bonchev–Trinajstić information content (AvgIpc) is 3.11. The van der Waals surface area contributed by atoms with Crippen LogP contribution in [0, 0.1) is 5.82 Å². The second-order valence-corrected chi connectivity index (χ2v) is 5.90. The molecule has 0 unspecified atom stereocenters. The van der Waals surface area contributed by atoms with Gasteiger partial charge in [0, 0.05) is 6.07 Å². The largest absolute Gasteiger partial charge is 0.496 e. The molecule has 0 radical (unpaired) electrons. The van der Waals surface area contributed by atoms with Gasteiger partial charge in [-0.2, -0.15) is 4.98 Å². The minimum Gasteiger partial charge on any atom is -0.496 e. The van der Waals surface area contributed by atoms with Crippen LogP contribution < -0.4 is 4.74 Å². The van der Waals surface area contributed by atoms with E-state index in [1.165, 1.54) is 24.5 Å². The first-order valence-electron chi connectivity index (χ1n) is 6.78. The normalized spacial score (nSPS) is 11.2. The molecule has 0 aliphatic rings. The number of thiazole rings is 1. The van der Waals surface area contributed by atoms with E-state index < -0.39 is 0 Å². The molecule has 4 rings (SSSR count). The van der Waals surface area contributed by atoms with Gasteiger partial charge in [-0.25, -0.2) is 8.91 Å². The molecule has 0 saturated heterocycles. The second kappa shape index (κ2) is 5.13. The summed E-state index contributed by atoms with van der Waals surface area (Å²) in [6.07, 6.45) is 0.749. The Hall–Kier alpha value is -2.80. The maximum absolute atomic E-state index is 13.9. The van der Waals surface area contributed by atoms with Gasteiger partial charge >= 0.3 is 0 Å². The number of rotatable bonds is 3. The Balaban J connectivity index is 1.97. The van der Waals surface area contributed by atoms with Crippen molar-refractivity contribution in [1.82, 2.24) is 14.6 Å². The van der Waals surface area contributed by atoms with Crippen LogP contribution in [0.1, 0.15) is 10.4 Å². The number of carbonyl (C=O) groups is 1. The third-order valence-electron chi connectivity index (χ3n) is 3.56. The summed E-state index contributed by atoms with van der Waals surface area (Å²) in [6, 6.07) is 9.86. The molecule has 2 aromatic carbocycles. The van der Waals surface area contributed by atoms with Gasteiger partial charge in [0.1, 0.15) is 11.6 Å². The van der Waals surface area contributed by atoms with Crippen molar-refractivity contribution in [2.24, 2.45) is 0 Å². The smallest absolute Gasteiger partial charge is 0.213 e. The molecule has 2 heterocycles. The van der Waals surface area contributed by atoms with Gasteiger partial charge in [-0.3, -0.25) is 4.79 Å². The highest BCUT2D eigenvalue weighted by atomic mass is 32.1. The van der Waals surface area contributed by atoms with Crippen LogP contribution in [-0.4, -0.2) is 28.0 Å². The lowest BCUT2D eigenvalue weighted by atomic mass is 10.2. The van der Waals surface area contributed by atoms with E-state index in [2.05, 4.69) is 10.1 Å². The Morgan fingerprint density at radius 2 is 2.13 bits per heavy atom. The Morgan fingerprint density at radius 1 is 1.30 bits per heavy atom. The molecular weight excluding hydrogens is 317 g/mol. The minimum atomic E-state index is -0.365. The highest BCUT2D eigenvalue weighted by Crippen LogP contribution is 2.32. The third kappa shape index (κ3) is 2.08. The van der Waals surface area contributed by atoms with Crippen LogP contribution in [0.3, 0.4) is 0 Å². The summed E-state index contributed by atoms with van der Waals surface area (Å²) in [6.45, 7) is 0.